The molecule has 0 aliphatic heterocycles. The quantitative estimate of drug-likeness (QED) is 0.821. The zero-order chi connectivity index (χ0) is 12.6. The lowest BCUT2D eigenvalue weighted by Crippen LogP contribution is -2.42. The standard InChI is InChI=1S/C10H10N2O4S/c1-10(16,9(14)15)4-12-5-11-6-2-3-17-7(6)8(12)13/h2-3,5,16H,4H2,1H3,(H,14,15). The third-order valence-electron chi connectivity index (χ3n) is 2.37. The van der Waals surface area contributed by atoms with Gasteiger partial charge in [0.05, 0.1) is 18.4 Å². The number of aliphatic hydroxyl groups is 1. The Morgan fingerprint density at radius 1 is 1.65 bits per heavy atom. The van der Waals surface area contributed by atoms with E-state index < -0.39 is 11.6 Å². The number of thiophene rings is 1. The van der Waals surface area contributed by atoms with E-state index in [0.29, 0.717) is 10.2 Å². The van der Waals surface area contributed by atoms with E-state index >= 15 is 0 Å². The molecule has 6 nitrogen and oxygen atoms in total. The van der Waals surface area contributed by atoms with Crippen molar-refractivity contribution in [3.63, 3.8) is 0 Å². The highest BCUT2D eigenvalue weighted by molar-refractivity contribution is 7.17. The molecule has 0 radical (unpaired) electrons. The number of aromatic nitrogens is 2. The number of carbonyl (C=O) groups is 1. The molecule has 0 aromatic carbocycles. The van der Waals surface area contributed by atoms with Gasteiger partial charge in [0, 0.05) is 0 Å². The number of hydrogen-bond donors (Lipinski definition) is 2. The van der Waals surface area contributed by atoms with Gasteiger partial charge in [0.25, 0.3) is 5.56 Å². The van der Waals surface area contributed by atoms with Crippen LogP contribution in [-0.4, -0.2) is 31.3 Å². The lowest BCUT2D eigenvalue weighted by atomic mass is 10.1. The Morgan fingerprint density at radius 2 is 2.35 bits per heavy atom. The first kappa shape index (κ1) is 11.7. The summed E-state index contributed by atoms with van der Waals surface area (Å²) in [6.45, 7) is 0.808. The van der Waals surface area contributed by atoms with Crippen LogP contribution in [-0.2, 0) is 11.3 Å². The molecule has 90 valence electrons. The van der Waals surface area contributed by atoms with E-state index in [1.807, 2.05) is 0 Å². The molecule has 17 heavy (non-hydrogen) atoms. The molecule has 7 heteroatoms. The minimum Gasteiger partial charge on any atom is -0.479 e. The Labute approximate surface area is 99.8 Å². The van der Waals surface area contributed by atoms with Crippen molar-refractivity contribution in [2.45, 2.75) is 19.1 Å². The molecule has 0 saturated heterocycles. The molecule has 2 aromatic rings. The second-order valence-corrected chi connectivity index (χ2v) is 4.81. The molecule has 2 heterocycles. The summed E-state index contributed by atoms with van der Waals surface area (Å²) < 4.78 is 1.56. The van der Waals surface area contributed by atoms with Gasteiger partial charge >= 0.3 is 5.97 Å². The van der Waals surface area contributed by atoms with Gasteiger partial charge in [0.2, 0.25) is 0 Å². The summed E-state index contributed by atoms with van der Waals surface area (Å²) in [6, 6.07) is 1.71. The van der Waals surface area contributed by atoms with E-state index in [2.05, 4.69) is 4.98 Å². The van der Waals surface area contributed by atoms with Gasteiger partial charge in [-0.3, -0.25) is 9.36 Å². The molecule has 0 fully saturated rings. The molecule has 2 N–H and O–H groups in total. The Morgan fingerprint density at radius 3 is 3.00 bits per heavy atom. The third-order valence-corrected chi connectivity index (χ3v) is 3.27. The van der Waals surface area contributed by atoms with Gasteiger partial charge in [-0.25, -0.2) is 9.78 Å². The molecular formula is C10H10N2O4S. The SMILES string of the molecule is CC(O)(Cn1cnc2ccsc2c1=O)C(=O)O. The van der Waals surface area contributed by atoms with E-state index in [-0.39, 0.29) is 12.1 Å². The lowest BCUT2D eigenvalue weighted by Gasteiger charge is -2.18. The second-order valence-electron chi connectivity index (χ2n) is 3.89. The van der Waals surface area contributed by atoms with Crippen molar-refractivity contribution < 1.29 is 15.0 Å². The molecular weight excluding hydrogens is 244 g/mol. The number of carboxylic acid groups (broad SMARTS) is 1. The largest absolute Gasteiger partial charge is 0.479 e. The van der Waals surface area contributed by atoms with Crippen LogP contribution in [0.3, 0.4) is 0 Å². The summed E-state index contributed by atoms with van der Waals surface area (Å²) in [5, 5.41) is 20.1. The van der Waals surface area contributed by atoms with Crippen molar-refractivity contribution in [3.8, 4) is 0 Å². The molecule has 1 atom stereocenters. The molecule has 0 spiro atoms. The van der Waals surface area contributed by atoms with Crippen LogP contribution in [0.2, 0.25) is 0 Å². The van der Waals surface area contributed by atoms with Gasteiger partial charge < -0.3 is 10.2 Å². The molecule has 0 bridgehead atoms. The van der Waals surface area contributed by atoms with Crippen LogP contribution in [0.4, 0.5) is 0 Å². The van der Waals surface area contributed by atoms with Crippen LogP contribution in [0.15, 0.2) is 22.6 Å². The molecule has 0 saturated carbocycles. The van der Waals surface area contributed by atoms with Gasteiger partial charge in [-0.2, -0.15) is 0 Å². The fourth-order valence-corrected chi connectivity index (χ4v) is 2.18. The first-order valence-electron chi connectivity index (χ1n) is 4.80. The Kier molecular flexibility index (Phi) is 2.72. The molecule has 2 aromatic heterocycles. The van der Waals surface area contributed by atoms with Gasteiger partial charge in [0.15, 0.2) is 5.60 Å². The highest BCUT2D eigenvalue weighted by atomic mass is 32.1. The summed E-state index contributed by atoms with van der Waals surface area (Å²) in [5.41, 5.74) is -1.76. The average molecular weight is 254 g/mol. The topological polar surface area (TPSA) is 92.4 Å². The number of aliphatic carboxylic acids is 1. The third kappa shape index (κ3) is 2.06. The van der Waals surface area contributed by atoms with Gasteiger partial charge in [0.1, 0.15) is 4.70 Å². The first-order chi connectivity index (χ1) is 7.92. The maximum atomic E-state index is 11.9. The Bertz CT molecular complexity index is 629. The minimum absolute atomic E-state index is 0.331. The fourth-order valence-electron chi connectivity index (χ4n) is 1.39. The predicted molar refractivity (Wildman–Crippen MR) is 62.1 cm³/mol. The zero-order valence-corrected chi connectivity index (χ0v) is 9.77. The van der Waals surface area contributed by atoms with Gasteiger partial charge in [-0.15, -0.1) is 11.3 Å². The molecule has 0 aliphatic rings. The summed E-state index contributed by atoms with van der Waals surface area (Å²) in [6.07, 6.45) is 1.24. The molecule has 2 rings (SSSR count). The van der Waals surface area contributed by atoms with E-state index in [1.165, 1.54) is 17.7 Å². The zero-order valence-electron chi connectivity index (χ0n) is 8.95. The fraction of sp³-hybridized carbons (Fsp3) is 0.300. The monoisotopic (exact) mass is 254 g/mol. The summed E-state index contributed by atoms with van der Waals surface area (Å²) >= 11 is 1.24. The summed E-state index contributed by atoms with van der Waals surface area (Å²) in [4.78, 5) is 26.7. The number of rotatable bonds is 3. The lowest BCUT2D eigenvalue weighted by molar-refractivity contribution is -0.157. The van der Waals surface area contributed by atoms with Crippen LogP contribution >= 0.6 is 11.3 Å². The smallest absolute Gasteiger partial charge is 0.337 e. The van der Waals surface area contributed by atoms with Crippen molar-refractivity contribution >= 4 is 27.5 Å². The Balaban J connectivity index is 2.47. The van der Waals surface area contributed by atoms with Crippen LogP contribution in [0.5, 0.6) is 0 Å². The van der Waals surface area contributed by atoms with Crippen molar-refractivity contribution in [1.29, 1.82) is 0 Å². The normalized spacial score (nSPS) is 14.7. The maximum absolute atomic E-state index is 11.9. The van der Waals surface area contributed by atoms with Crippen molar-refractivity contribution in [1.82, 2.24) is 9.55 Å². The second kappa shape index (κ2) is 3.94. The number of nitrogens with zero attached hydrogens (tertiary/aromatic N) is 2. The first-order valence-corrected chi connectivity index (χ1v) is 5.68. The van der Waals surface area contributed by atoms with E-state index in [9.17, 15) is 14.7 Å². The van der Waals surface area contributed by atoms with Crippen molar-refractivity contribution in [3.05, 3.63) is 28.1 Å². The van der Waals surface area contributed by atoms with Crippen LogP contribution in [0.1, 0.15) is 6.92 Å². The minimum atomic E-state index is -1.99. The van der Waals surface area contributed by atoms with E-state index in [0.717, 1.165) is 11.5 Å². The summed E-state index contributed by atoms with van der Waals surface area (Å²) in [5.74, 6) is -1.38. The highest BCUT2D eigenvalue weighted by Crippen LogP contribution is 2.14. The molecule has 0 aliphatic carbocycles. The van der Waals surface area contributed by atoms with Gasteiger partial charge in [-0.1, -0.05) is 0 Å². The van der Waals surface area contributed by atoms with Crippen molar-refractivity contribution in [2.24, 2.45) is 0 Å². The summed E-state index contributed by atoms with van der Waals surface area (Å²) in [7, 11) is 0. The van der Waals surface area contributed by atoms with Crippen LogP contribution in [0.25, 0.3) is 10.2 Å². The number of carboxylic acids is 1. The molecule has 1 unspecified atom stereocenters. The number of fused-ring (bicyclic) bond motifs is 1. The molecule has 0 amide bonds. The van der Waals surface area contributed by atoms with Crippen LogP contribution in [0, 0.1) is 0 Å². The average Bonchev–Trinajstić information content (AvgIpc) is 2.70. The Hall–Kier alpha value is -1.73. The number of hydrogen-bond acceptors (Lipinski definition) is 5. The van der Waals surface area contributed by atoms with Crippen LogP contribution < -0.4 is 5.56 Å². The maximum Gasteiger partial charge on any atom is 0.337 e. The van der Waals surface area contributed by atoms with Gasteiger partial charge in [-0.05, 0) is 18.4 Å². The highest BCUT2D eigenvalue weighted by Gasteiger charge is 2.31. The predicted octanol–water partition coefficient (Wildman–Crippen LogP) is 0.294. The van der Waals surface area contributed by atoms with E-state index in [4.69, 9.17) is 5.11 Å². The van der Waals surface area contributed by atoms with E-state index in [1.54, 1.807) is 11.4 Å². The van der Waals surface area contributed by atoms with Crippen molar-refractivity contribution in [2.75, 3.05) is 0 Å².